The number of ether oxygens (including phenoxy) is 1. The van der Waals surface area contributed by atoms with Gasteiger partial charge in [0.2, 0.25) is 0 Å². The molecule has 0 bridgehead atoms. The summed E-state index contributed by atoms with van der Waals surface area (Å²) in [6.07, 6.45) is 1.74. The Bertz CT molecular complexity index is 857. The molecule has 1 heterocycles. The Kier molecular flexibility index (Phi) is 5.01. The van der Waals surface area contributed by atoms with Crippen molar-refractivity contribution in [1.29, 1.82) is 0 Å². The summed E-state index contributed by atoms with van der Waals surface area (Å²) < 4.78 is 4.70. The predicted octanol–water partition coefficient (Wildman–Crippen LogP) is 4.00. The molecule has 0 saturated carbocycles. The smallest absolute Gasteiger partial charge is 0.315 e. The van der Waals surface area contributed by atoms with Gasteiger partial charge in [-0.3, -0.25) is 9.59 Å². The third kappa shape index (κ3) is 3.36. The van der Waals surface area contributed by atoms with Crippen molar-refractivity contribution in [2.75, 3.05) is 12.9 Å². The molecule has 1 aromatic heterocycles. The summed E-state index contributed by atoms with van der Waals surface area (Å²) in [5, 5.41) is 0.437. The monoisotopic (exact) mass is 339 g/mol. The lowest BCUT2D eigenvalue weighted by molar-refractivity contribution is -0.137. The van der Waals surface area contributed by atoms with Crippen molar-refractivity contribution in [3.8, 4) is 0 Å². The average Bonchev–Trinajstić information content (AvgIpc) is 3.06. The molecule has 0 saturated heterocycles. The Morgan fingerprint density at radius 1 is 1.08 bits per heavy atom. The van der Waals surface area contributed by atoms with Crippen LogP contribution in [0.2, 0.25) is 0 Å². The molecule has 3 aromatic rings. The lowest BCUT2D eigenvalue weighted by atomic mass is 10.0. The van der Waals surface area contributed by atoms with Crippen LogP contribution in [0.15, 0.2) is 60.8 Å². The van der Waals surface area contributed by atoms with Crippen molar-refractivity contribution in [2.45, 2.75) is 5.25 Å². The van der Waals surface area contributed by atoms with Crippen molar-refractivity contribution >= 4 is 34.4 Å². The molecule has 0 fully saturated rings. The molecule has 122 valence electrons. The van der Waals surface area contributed by atoms with E-state index in [1.807, 2.05) is 54.6 Å². The highest BCUT2D eigenvalue weighted by molar-refractivity contribution is 8.00. The number of hydrogen-bond acceptors (Lipinski definition) is 4. The maximum Gasteiger partial charge on any atom is 0.315 e. The van der Waals surface area contributed by atoms with E-state index >= 15 is 0 Å². The predicted molar refractivity (Wildman–Crippen MR) is 96.3 cm³/mol. The third-order valence-electron chi connectivity index (χ3n) is 3.79. The minimum Gasteiger partial charge on any atom is -0.468 e. The number of hydrogen-bond donors (Lipinski definition) is 1. The van der Waals surface area contributed by atoms with E-state index < -0.39 is 5.25 Å². The Labute approximate surface area is 144 Å². The van der Waals surface area contributed by atoms with Crippen molar-refractivity contribution in [1.82, 2.24) is 4.98 Å². The first-order valence-corrected chi connectivity index (χ1v) is 8.59. The summed E-state index contributed by atoms with van der Waals surface area (Å²) in [5.41, 5.74) is 2.43. The number of methoxy groups -OCH3 is 1. The fraction of sp³-hybridized carbons (Fsp3) is 0.158. The van der Waals surface area contributed by atoms with Crippen molar-refractivity contribution < 1.29 is 14.3 Å². The molecule has 2 aromatic carbocycles. The van der Waals surface area contributed by atoms with Crippen LogP contribution in [0.25, 0.3) is 10.9 Å². The Balaban J connectivity index is 1.95. The van der Waals surface area contributed by atoms with Crippen LogP contribution in [-0.2, 0) is 9.53 Å². The topological polar surface area (TPSA) is 59.2 Å². The fourth-order valence-corrected chi connectivity index (χ4v) is 3.63. The third-order valence-corrected chi connectivity index (χ3v) is 5.01. The van der Waals surface area contributed by atoms with Gasteiger partial charge in [0.1, 0.15) is 0 Å². The zero-order valence-corrected chi connectivity index (χ0v) is 14.0. The van der Waals surface area contributed by atoms with Gasteiger partial charge in [0.15, 0.2) is 5.78 Å². The first kappa shape index (κ1) is 16.3. The zero-order valence-electron chi connectivity index (χ0n) is 13.2. The van der Waals surface area contributed by atoms with Gasteiger partial charge in [-0.2, -0.15) is 0 Å². The Morgan fingerprint density at radius 2 is 1.79 bits per heavy atom. The fourth-order valence-electron chi connectivity index (χ4n) is 2.58. The Morgan fingerprint density at radius 3 is 2.54 bits per heavy atom. The number of fused-ring (bicyclic) bond motifs is 1. The number of benzene rings is 2. The number of ketones is 1. The van der Waals surface area contributed by atoms with Crippen LogP contribution >= 0.6 is 11.8 Å². The van der Waals surface area contributed by atoms with Gasteiger partial charge in [0, 0.05) is 22.7 Å². The van der Waals surface area contributed by atoms with Gasteiger partial charge >= 0.3 is 5.97 Å². The second-order valence-corrected chi connectivity index (χ2v) is 6.38. The van der Waals surface area contributed by atoms with E-state index in [-0.39, 0.29) is 17.5 Å². The standard InChI is InChI=1S/C19H17NO3S/c1-23-17(21)12-24-19(13-7-3-2-4-8-13)18(22)15-11-20-16-10-6-5-9-14(15)16/h2-11,19-20H,12H2,1H3/t19-/m0/s1. The molecule has 0 unspecified atom stereocenters. The van der Waals surface area contributed by atoms with E-state index in [0.717, 1.165) is 16.5 Å². The number of carbonyl (C=O) groups excluding carboxylic acids is 2. The molecule has 0 aliphatic rings. The second-order valence-electron chi connectivity index (χ2n) is 5.29. The number of aromatic amines is 1. The van der Waals surface area contributed by atoms with Crippen LogP contribution in [0.5, 0.6) is 0 Å². The first-order chi connectivity index (χ1) is 11.7. The molecule has 1 atom stereocenters. The van der Waals surface area contributed by atoms with Crippen LogP contribution in [0.3, 0.4) is 0 Å². The highest BCUT2D eigenvalue weighted by atomic mass is 32.2. The maximum atomic E-state index is 13.1. The second kappa shape index (κ2) is 7.36. The molecule has 3 rings (SSSR count). The largest absolute Gasteiger partial charge is 0.468 e. The van der Waals surface area contributed by atoms with Crippen LogP contribution in [0, 0.1) is 0 Å². The number of aromatic nitrogens is 1. The van der Waals surface area contributed by atoms with Crippen LogP contribution in [0.1, 0.15) is 21.2 Å². The lowest BCUT2D eigenvalue weighted by Crippen LogP contribution is -2.13. The molecular formula is C19H17NO3S. The molecule has 4 nitrogen and oxygen atoms in total. The molecule has 0 aliphatic carbocycles. The number of esters is 1. The number of Topliss-reactive ketones (excluding diaryl/α,β-unsaturated/α-hetero) is 1. The minimum absolute atomic E-state index is 0.0208. The van der Waals surface area contributed by atoms with Gasteiger partial charge in [-0.05, 0) is 11.6 Å². The lowest BCUT2D eigenvalue weighted by Gasteiger charge is -2.15. The highest BCUT2D eigenvalue weighted by Crippen LogP contribution is 2.34. The maximum absolute atomic E-state index is 13.1. The molecule has 0 amide bonds. The van der Waals surface area contributed by atoms with Crippen molar-refractivity contribution in [3.63, 3.8) is 0 Å². The summed E-state index contributed by atoms with van der Waals surface area (Å²) in [5.74, 6) is -0.232. The SMILES string of the molecule is COC(=O)CS[C@H](C(=O)c1c[nH]c2ccccc12)c1ccccc1. The van der Waals surface area contributed by atoms with Gasteiger partial charge < -0.3 is 9.72 Å². The van der Waals surface area contributed by atoms with Gasteiger partial charge in [-0.25, -0.2) is 0 Å². The quantitative estimate of drug-likeness (QED) is 0.545. The molecule has 24 heavy (non-hydrogen) atoms. The van der Waals surface area contributed by atoms with E-state index in [9.17, 15) is 9.59 Å². The zero-order chi connectivity index (χ0) is 16.9. The summed E-state index contributed by atoms with van der Waals surface area (Å²) in [6, 6.07) is 17.2. The number of carbonyl (C=O) groups is 2. The van der Waals surface area contributed by atoms with E-state index in [4.69, 9.17) is 4.74 Å². The number of para-hydroxylation sites is 1. The van der Waals surface area contributed by atoms with E-state index in [1.54, 1.807) is 6.20 Å². The molecule has 1 N–H and O–H groups in total. The van der Waals surface area contributed by atoms with Crippen LogP contribution < -0.4 is 0 Å². The molecular weight excluding hydrogens is 322 g/mol. The summed E-state index contributed by atoms with van der Waals surface area (Å²) >= 11 is 1.28. The minimum atomic E-state index is -0.454. The van der Waals surface area contributed by atoms with Crippen LogP contribution in [-0.4, -0.2) is 29.6 Å². The summed E-state index contributed by atoms with van der Waals surface area (Å²) in [7, 11) is 1.35. The van der Waals surface area contributed by atoms with Crippen LogP contribution in [0.4, 0.5) is 0 Å². The number of H-pyrrole nitrogens is 1. The summed E-state index contributed by atoms with van der Waals surface area (Å²) in [4.78, 5) is 27.8. The van der Waals surface area contributed by atoms with Gasteiger partial charge in [0.05, 0.1) is 18.1 Å². The summed E-state index contributed by atoms with van der Waals surface area (Å²) in [6.45, 7) is 0. The average molecular weight is 339 g/mol. The van der Waals surface area contributed by atoms with Gasteiger partial charge in [-0.15, -0.1) is 11.8 Å². The van der Waals surface area contributed by atoms with Gasteiger partial charge in [-0.1, -0.05) is 48.5 Å². The number of rotatable bonds is 6. The first-order valence-electron chi connectivity index (χ1n) is 7.54. The normalized spacial score (nSPS) is 12.0. The van der Waals surface area contributed by atoms with E-state index in [0.29, 0.717) is 5.56 Å². The molecule has 5 heteroatoms. The molecule has 0 spiro atoms. The van der Waals surface area contributed by atoms with Crippen molar-refractivity contribution in [3.05, 3.63) is 71.9 Å². The van der Waals surface area contributed by atoms with Crippen molar-refractivity contribution in [2.24, 2.45) is 0 Å². The number of thioether (sulfide) groups is 1. The Hall–Kier alpha value is -2.53. The van der Waals surface area contributed by atoms with E-state index in [2.05, 4.69) is 4.98 Å². The number of nitrogens with one attached hydrogen (secondary N) is 1. The van der Waals surface area contributed by atoms with Gasteiger partial charge in [0.25, 0.3) is 0 Å². The molecule has 0 aliphatic heterocycles. The van der Waals surface area contributed by atoms with E-state index in [1.165, 1.54) is 18.9 Å². The molecule has 0 radical (unpaired) electrons. The highest BCUT2D eigenvalue weighted by Gasteiger charge is 2.25.